The van der Waals surface area contributed by atoms with Crippen LogP contribution in [0.4, 0.5) is 10.5 Å². The first kappa shape index (κ1) is 23.3. The molecule has 0 spiro atoms. The predicted molar refractivity (Wildman–Crippen MR) is 127 cm³/mol. The van der Waals surface area contributed by atoms with Crippen LogP contribution in [0.15, 0.2) is 65.7 Å². The molecule has 9 nitrogen and oxygen atoms in total. The number of carbonyl (C=O) groups is 2. The van der Waals surface area contributed by atoms with Gasteiger partial charge in [-0.1, -0.05) is 29.8 Å². The summed E-state index contributed by atoms with van der Waals surface area (Å²) in [5.74, 6) is 0.449. The fourth-order valence-corrected chi connectivity index (χ4v) is 4.04. The molecule has 11 heteroatoms. The number of imide groups is 1. The minimum atomic E-state index is -0.552. The Balaban J connectivity index is 1.51. The van der Waals surface area contributed by atoms with Crippen LogP contribution in [-0.4, -0.2) is 33.1 Å². The summed E-state index contributed by atoms with van der Waals surface area (Å²) in [6.45, 7) is 0.150. The summed E-state index contributed by atoms with van der Waals surface area (Å²) in [7, 11) is 1.45. The average Bonchev–Trinajstić information content (AvgIpc) is 3.09. The molecular weight excluding hydrogens is 482 g/mol. The Morgan fingerprint density at radius 2 is 1.88 bits per heavy atom. The standard InChI is InChI=1S/C23H16ClN3O6S/c1-32-19-10-15(4-8-18(19)33-21-9-7-17(12-25-21)27(30)31)11-20-22(28)26(23(29)34-20)13-14-2-5-16(24)6-3-14/h2-12H,13H2,1H3/b20-11+. The summed E-state index contributed by atoms with van der Waals surface area (Å²) >= 11 is 6.75. The van der Waals surface area contributed by atoms with E-state index in [4.69, 9.17) is 21.1 Å². The van der Waals surface area contributed by atoms with Gasteiger partial charge in [0.05, 0.1) is 23.5 Å². The minimum Gasteiger partial charge on any atom is -0.493 e. The molecule has 0 unspecified atom stereocenters. The molecule has 0 bridgehead atoms. The topological polar surface area (TPSA) is 112 Å². The van der Waals surface area contributed by atoms with Crippen molar-refractivity contribution in [1.82, 2.24) is 9.88 Å². The largest absolute Gasteiger partial charge is 0.493 e. The van der Waals surface area contributed by atoms with Gasteiger partial charge in [0.25, 0.3) is 16.8 Å². The molecule has 1 saturated heterocycles. The van der Waals surface area contributed by atoms with E-state index in [0.717, 1.165) is 23.5 Å². The molecule has 34 heavy (non-hydrogen) atoms. The van der Waals surface area contributed by atoms with E-state index in [0.29, 0.717) is 22.1 Å². The lowest BCUT2D eigenvalue weighted by molar-refractivity contribution is -0.385. The third-order valence-electron chi connectivity index (χ3n) is 4.76. The van der Waals surface area contributed by atoms with Crippen molar-refractivity contribution in [2.24, 2.45) is 0 Å². The Hall–Kier alpha value is -3.89. The van der Waals surface area contributed by atoms with E-state index >= 15 is 0 Å². The van der Waals surface area contributed by atoms with Crippen molar-refractivity contribution in [2.75, 3.05) is 7.11 Å². The first-order valence-electron chi connectivity index (χ1n) is 9.80. The van der Waals surface area contributed by atoms with Crippen LogP contribution in [0, 0.1) is 10.1 Å². The van der Waals surface area contributed by atoms with Crippen LogP contribution in [-0.2, 0) is 11.3 Å². The van der Waals surface area contributed by atoms with Gasteiger partial charge in [0, 0.05) is 17.2 Å². The number of pyridine rings is 1. The number of hydrogen-bond donors (Lipinski definition) is 0. The fraction of sp³-hybridized carbons (Fsp3) is 0.0870. The molecule has 1 aliphatic rings. The summed E-state index contributed by atoms with van der Waals surface area (Å²) < 4.78 is 11.0. The third-order valence-corrected chi connectivity index (χ3v) is 5.92. The molecule has 172 valence electrons. The number of thioether (sulfide) groups is 1. The lowest BCUT2D eigenvalue weighted by Gasteiger charge is -2.12. The highest BCUT2D eigenvalue weighted by atomic mass is 35.5. The highest BCUT2D eigenvalue weighted by molar-refractivity contribution is 8.18. The number of nitro groups is 1. The molecule has 2 aromatic carbocycles. The van der Waals surface area contributed by atoms with E-state index in [9.17, 15) is 19.7 Å². The smallest absolute Gasteiger partial charge is 0.293 e. The second-order valence-electron chi connectivity index (χ2n) is 7.02. The zero-order valence-electron chi connectivity index (χ0n) is 17.6. The van der Waals surface area contributed by atoms with Gasteiger partial charge in [-0.3, -0.25) is 24.6 Å². The number of nitrogens with zero attached hydrogens (tertiary/aromatic N) is 3. The Kier molecular flexibility index (Phi) is 6.80. The molecule has 0 N–H and O–H groups in total. The Bertz CT molecular complexity index is 1300. The minimum absolute atomic E-state index is 0.150. The average molecular weight is 498 g/mol. The van der Waals surface area contributed by atoms with Crippen molar-refractivity contribution in [1.29, 1.82) is 0 Å². The molecule has 3 aromatic rings. The van der Waals surface area contributed by atoms with Gasteiger partial charge in [0.2, 0.25) is 5.88 Å². The van der Waals surface area contributed by atoms with Crippen LogP contribution >= 0.6 is 23.4 Å². The van der Waals surface area contributed by atoms with Gasteiger partial charge >= 0.3 is 0 Å². The van der Waals surface area contributed by atoms with Gasteiger partial charge in [0.1, 0.15) is 6.20 Å². The molecule has 0 saturated carbocycles. The summed E-state index contributed by atoms with van der Waals surface area (Å²) in [5, 5.41) is 11.0. The first-order chi connectivity index (χ1) is 16.3. The molecule has 2 amide bonds. The van der Waals surface area contributed by atoms with Crippen LogP contribution in [0.2, 0.25) is 5.02 Å². The second-order valence-corrected chi connectivity index (χ2v) is 8.45. The lowest BCUT2D eigenvalue weighted by atomic mass is 10.1. The van der Waals surface area contributed by atoms with E-state index in [1.807, 2.05) is 0 Å². The van der Waals surface area contributed by atoms with Crippen LogP contribution in [0.3, 0.4) is 0 Å². The highest BCUT2D eigenvalue weighted by Gasteiger charge is 2.35. The number of methoxy groups -OCH3 is 1. The molecule has 2 heterocycles. The quantitative estimate of drug-likeness (QED) is 0.233. The number of carbonyl (C=O) groups excluding carboxylic acids is 2. The van der Waals surface area contributed by atoms with E-state index in [-0.39, 0.29) is 34.2 Å². The predicted octanol–water partition coefficient (Wildman–Crippen LogP) is 5.68. The van der Waals surface area contributed by atoms with Gasteiger partial charge in [0.15, 0.2) is 11.5 Å². The molecular formula is C23H16ClN3O6S. The van der Waals surface area contributed by atoms with Crippen LogP contribution in [0.5, 0.6) is 17.4 Å². The molecule has 0 aliphatic carbocycles. The number of benzene rings is 2. The maximum Gasteiger partial charge on any atom is 0.293 e. The van der Waals surface area contributed by atoms with Crippen molar-refractivity contribution < 1.29 is 24.0 Å². The van der Waals surface area contributed by atoms with Gasteiger partial charge < -0.3 is 9.47 Å². The third kappa shape index (κ3) is 5.19. The van der Waals surface area contributed by atoms with Crippen LogP contribution in [0.1, 0.15) is 11.1 Å². The number of hydrogen-bond acceptors (Lipinski definition) is 8. The van der Waals surface area contributed by atoms with Crippen molar-refractivity contribution >= 4 is 46.3 Å². The van der Waals surface area contributed by atoms with E-state index in [1.54, 1.807) is 48.5 Å². The summed E-state index contributed by atoms with van der Waals surface area (Å²) in [4.78, 5) is 40.8. The van der Waals surface area contributed by atoms with Gasteiger partial charge in [-0.15, -0.1) is 0 Å². The van der Waals surface area contributed by atoms with Gasteiger partial charge in [-0.2, -0.15) is 0 Å². The van der Waals surface area contributed by atoms with Crippen molar-refractivity contribution in [3.63, 3.8) is 0 Å². The number of ether oxygens (including phenoxy) is 2. The fourth-order valence-electron chi connectivity index (χ4n) is 3.07. The molecule has 1 fully saturated rings. The number of rotatable bonds is 7. The van der Waals surface area contributed by atoms with E-state index in [1.165, 1.54) is 24.1 Å². The first-order valence-corrected chi connectivity index (χ1v) is 11.0. The zero-order chi connectivity index (χ0) is 24.2. The Labute approximate surface area is 203 Å². The zero-order valence-corrected chi connectivity index (χ0v) is 19.2. The van der Waals surface area contributed by atoms with Crippen molar-refractivity contribution in [3.05, 3.63) is 92.0 Å². The summed E-state index contributed by atoms with van der Waals surface area (Å²) in [6.07, 6.45) is 2.69. The lowest BCUT2D eigenvalue weighted by Crippen LogP contribution is -2.27. The highest BCUT2D eigenvalue weighted by Crippen LogP contribution is 2.36. The monoisotopic (exact) mass is 497 g/mol. The SMILES string of the molecule is COc1cc(/C=C2/SC(=O)N(Cc3ccc(Cl)cc3)C2=O)ccc1Oc1ccc([N+](=O)[O-])cn1. The van der Waals surface area contributed by atoms with Crippen LogP contribution in [0.25, 0.3) is 6.08 Å². The molecule has 1 aliphatic heterocycles. The van der Waals surface area contributed by atoms with Gasteiger partial charge in [-0.05, 0) is 53.2 Å². The Morgan fingerprint density at radius 1 is 1.12 bits per heavy atom. The Morgan fingerprint density at radius 3 is 2.53 bits per heavy atom. The number of halogens is 1. The summed E-state index contributed by atoms with van der Waals surface area (Å²) in [5.41, 5.74) is 1.26. The molecule has 4 rings (SSSR count). The molecule has 1 aromatic heterocycles. The molecule has 0 atom stereocenters. The maximum atomic E-state index is 12.8. The number of amides is 2. The normalized spacial score (nSPS) is 14.5. The summed E-state index contributed by atoms with van der Waals surface area (Å²) in [6, 6.07) is 14.5. The van der Waals surface area contributed by atoms with Crippen LogP contribution < -0.4 is 9.47 Å². The van der Waals surface area contributed by atoms with Gasteiger partial charge in [-0.25, -0.2) is 4.98 Å². The van der Waals surface area contributed by atoms with Crippen molar-refractivity contribution in [3.8, 4) is 17.4 Å². The molecule has 0 radical (unpaired) electrons. The van der Waals surface area contributed by atoms with E-state index in [2.05, 4.69) is 4.98 Å². The van der Waals surface area contributed by atoms with E-state index < -0.39 is 4.92 Å². The number of aromatic nitrogens is 1. The van der Waals surface area contributed by atoms with Crippen molar-refractivity contribution in [2.45, 2.75) is 6.54 Å². The maximum absolute atomic E-state index is 12.8. The second kappa shape index (κ2) is 9.94.